The van der Waals surface area contributed by atoms with E-state index in [1.54, 1.807) is 0 Å². The van der Waals surface area contributed by atoms with Crippen LogP contribution in [-0.2, 0) is 0 Å². The van der Waals surface area contributed by atoms with E-state index in [1.807, 2.05) is 19.9 Å². The van der Waals surface area contributed by atoms with Gasteiger partial charge in [0.25, 0.3) is 0 Å². The van der Waals surface area contributed by atoms with Gasteiger partial charge in [0.2, 0.25) is 0 Å². The van der Waals surface area contributed by atoms with Gasteiger partial charge in [-0.15, -0.1) is 11.6 Å². The normalized spacial score (nSPS) is 13.8. The van der Waals surface area contributed by atoms with Crippen molar-refractivity contribution in [3.8, 4) is 0 Å². The molecule has 0 N–H and O–H groups in total. The maximum Gasteiger partial charge on any atom is 0.179 e. The number of rotatable bonds is 3. The molecule has 0 aliphatic heterocycles. The molecule has 1 aromatic rings. The first-order chi connectivity index (χ1) is 7.70. The summed E-state index contributed by atoms with van der Waals surface area (Å²) >= 11 is 5.63. The van der Waals surface area contributed by atoms with Gasteiger partial charge in [0.1, 0.15) is 0 Å². The molecule has 3 heteroatoms. The minimum Gasteiger partial charge on any atom is -0.345 e. The second-order valence-electron chi connectivity index (χ2n) is 5.75. The summed E-state index contributed by atoms with van der Waals surface area (Å²) in [6.45, 7) is 12.9. The van der Waals surface area contributed by atoms with Crippen molar-refractivity contribution in [3.05, 3.63) is 23.0 Å². The Morgan fingerprint density at radius 3 is 2.35 bits per heavy atom. The zero-order chi connectivity index (χ0) is 13.4. The van der Waals surface area contributed by atoms with E-state index < -0.39 is 0 Å². The number of aromatic nitrogens is 1. The van der Waals surface area contributed by atoms with Gasteiger partial charge in [0.15, 0.2) is 5.78 Å². The molecule has 0 radical (unpaired) electrons. The number of hydrogen-bond acceptors (Lipinski definition) is 1. The first-order valence-corrected chi connectivity index (χ1v) is 6.51. The zero-order valence-electron chi connectivity index (χ0n) is 11.6. The predicted molar refractivity (Wildman–Crippen MR) is 73.1 cm³/mol. The highest BCUT2D eigenvalue weighted by Gasteiger charge is 2.26. The van der Waals surface area contributed by atoms with E-state index in [4.69, 9.17) is 11.6 Å². The van der Waals surface area contributed by atoms with Crippen LogP contribution in [0.15, 0.2) is 6.07 Å². The number of halogens is 1. The molecular formula is C14H22ClNO. The summed E-state index contributed by atoms with van der Waals surface area (Å²) in [6, 6.07) is 2.29. The fourth-order valence-electron chi connectivity index (χ4n) is 2.11. The highest BCUT2D eigenvalue weighted by molar-refractivity contribution is 6.30. The lowest BCUT2D eigenvalue weighted by molar-refractivity contribution is 0.102. The third-order valence-corrected chi connectivity index (χ3v) is 3.79. The van der Waals surface area contributed by atoms with Crippen LogP contribution in [0.4, 0.5) is 0 Å². The van der Waals surface area contributed by atoms with E-state index >= 15 is 0 Å². The van der Waals surface area contributed by atoms with Gasteiger partial charge in [0.05, 0.1) is 5.88 Å². The molecule has 1 atom stereocenters. The highest BCUT2D eigenvalue weighted by atomic mass is 35.5. The standard InChI is InChI=1S/C14H22ClNO/c1-9-7-12(13(17)8-15)10(2)16(9)11(3)14(4,5)6/h7,11H,8H2,1-6H3. The largest absolute Gasteiger partial charge is 0.345 e. The van der Waals surface area contributed by atoms with Crippen molar-refractivity contribution in [1.82, 2.24) is 4.57 Å². The van der Waals surface area contributed by atoms with E-state index in [9.17, 15) is 4.79 Å². The van der Waals surface area contributed by atoms with Gasteiger partial charge < -0.3 is 4.57 Å². The van der Waals surface area contributed by atoms with Crippen molar-refractivity contribution in [3.63, 3.8) is 0 Å². The van der Waals surface area contributed by atoms with Crippen molar-refractivity contribution in [2.45, 2.75) is 47.6 Å². The Kier molecular flexibility index (Phi) is 4.08. The number of Topliss-reactive ketones (excluding diaryl/α,β-unsaturated/α-hetero) is 1. The van der Waals surface area contributed by atoms with E-state index in [1.165, 1.54) is 0 Å². The molecular weight excluding hydrogens is 234 g/mol. The Morgan fingerprint density at radius 1 is 1.41 bits per heavy atom. The SMILES string of the molecule is Cc1cc(C(=O)CCl)c(C)n1C(C)C(C)(C)C. The van der Waals surface area contributed by atoms with E-state index in [0.717, 1.165) is 17.0 Å². The van der Waals surface area contributed by atoms with Crippen molar-refractivity contribution in [1.29, 1.82) is 0 Å². The highest BCUT2D eigenvalue weighted by Crippen LogP contribution is 2.33. The number of carbonyl (C=O) groups is 1. The minimum atomic E-state index is 0.00660. The molecule has 0 amide bonds. The number of ketones is 1. The fraction of sp³-hybridized carbons (Fsp3) is 0.643. The average Bonchev–Trinajstić information content (AvgIpc) is 2.51. The van der Waals surface area contributed by atoms with Crippen LogP contribution in [0.3, 0.4) is 0 Å². The Labute approximate surface area is 109 Å². The summed E-state index contributed by atoms with van der Waals surface area (Å²) in [5.41, 5.74) is 3.07. The van der Waals surface area contributed by atoms with Crippen LogP contribution in [0.5, 0.6) is 0 Å². The Morgan fingerprint density at radius 2 is 1.94 bits per heavy atom. The molecule has 0 saturated heterocycles. The van der Waals surface area contributed by atoms with Gasteiger partial charge in [0, 0.05) is 23.0 Å². The zero-order valence-corrected chi connectivity index (χ0v) is 12.4. The first-order valence-electron chi connectivity index (χ1n) is 5.97. The molecule has 0 spiro atoms. The topological polar surface area (TPSA) is 22.0 Å². The predicted octanol–water partition coefficient (Wildman–Crippen LogP) is 4.13. The lowest BCUT2D eigenvalue weighted by atomic mass is 9.87. The Bertz CT molecular complexity index is 426. The van der Waals surface area contributed by atoms with Crippen molar-refractivity contribution in [2.24, 2.45) is 5.41 Å². The van der Waals surface area contributed by atoms with Gasteiger partial charge in [-0.1, -0.05) is 20.8 Å². The monoisotopic (exact) mass is 255 g/mol. The number of carbonyl (C=O) groups excluding carboxylic acids is 1. The van der Waals surface area contributed by atoms with Gasteiger partial charge in [-0.25, -0.2) is 0 Å². The summed E-state index contributed by atoms with van der Waals surface area (Å²) in [5, 5.41) is 0. The lowest BCUT2D eigenvalue weighted by Crippen LogP contribution is -2.23. The van der Waals surface area contributed by atoms with Crippen molar-refractivity contribution >= 4 is 17.4 Å². The molecule has 1 unspecified atom stereocenters. The Hall–Kier alpha value is -0.760. The molecule has 1 rings (SSSR count). The molecule has 0 saturated carbocycles. The molecule has 96 valence electrons. The van der Waals surface area contributed by atoms with Gasteiger partial charge in [-0.3, -0.25) is 4.79 Å². The molecule has 2 nitrogen and oxygen atoms in total. The molecule has 0 fully saturated rings. The maximum atomic E-state index is 11.7. The minimum absolute atomic E-state index is 0.00660. The van der Waals surface area contributed by atoms with Crippen LogP contribution in [0.1, 0.15) is 55.5 Å². The van der Waals surface area contributed by atoms with Crippen LogP contribution in [-0.4, -0.2) is 16.2 Å². The van der Waals surface area contributed by atoms with Crippen LogP contribution in [0.25, 0.3) is 0 Å². The summed E-state index contributed by atoms with van der Waals surface area (Å²) < 4.78 is 2.24. The van der Waals surface area contributed by atoms with Crippen LogP contribution < -0.4 is 0 Å². The number of nitrogens with zero attached hydrogens (tertiary/aromatic N) is 1. The summed E-state index contributed by atoms with van der Waals surface area (Å²) in [6.07, 6.45) is 0. The summed E-state index contributed by atoms with van der Waals surface area (Å²) in [4.78, 5) is 11.7. The average molecular weight is 256 g/mol. The van der Waals surface area contributed by atoms with Gasteiger partial charge >= 0.3 is 0 Å². The van der Waals surface area contributed by atoms with Crippen LogP contribution in [0.2, 0.25) is 0 Å². The molecule has 1 heterocycles. The van der Waals surface area contributed by atoms with Crippen LogP contribution in [0, 0.1) is 19.3 Å². The first kappa shape index (κ1) is 14.3. The smallest absolute Gasteiger partial charge is 0.179 e. The lowest BCUT2D eigenvalue weighted by Gasteiger charge is -2.31. The number of aryl methyl sites for hydroxylation is 1. The van der Waals surface area contributed by atoms with Crippen molar-refractivity contribution < 1.29 is 4.79 Å². The van der Waals surface area contributed by atoms with Gasteiger partial charge in [-0.05, 0) is 32.3 Å². The summed E-state index contributed by atoms with van der Waals surface area (Å²) in [7, 11) is 0. The van der Waals surface area contributed by atoms with E-state index in [2.05, 4.69) is 32.3 Å². The van der Waals surface area contributed by atoms with Crippen LogP contribution >= 0.6 is 11.6 Å². The van der Waals surface area contributed by atoms with E-state index in [0.29, 0.717) is 6.04 Å². The van der Waals surface area contributed by atoms with Crippen molar-refractivity contribution in [2.75, 3.05) is 5.88 Å². The number of hydrogen-bond donors (Lipinski definition) is 0. The molecule has 0 aliphatic rings. The third kappa shape index (κ3) is 2.74. The molecule has 1 aromatic heterocycles. The molecule has 0 aromatic carbocycles. The molecule has 0 aliphatic carbocycles. The number of alkyl halides is 1. The van der Waals surface area contributed by atoms with E-state index in [-0.39, 0.29) is 17.1 Å². The van der Waals surface area contributed by atoms with Gasteiger partial charge in [-0.2, -0.15) is 0 Å². The second kappa shape index (κ2) is 4.85. The second-order valence-corrected chi connectivity index (χ2v) is 6.02. The summed E-state index contributed by atoms with van der Waals surface area (Å²) in [5.74, 6) is 0.0564. The quantitative estimate of drug-likeness (QED) is 0.588. The third-order valence-electron chi connectivity index (χ3n) is 3.55. The molecule has 17 heavy (non-hydrogen) atoms. The Balaban J connectivity index is 3.28. The molecule has 0 bridgehead atoms. The maximum absolute atomic E-state index is 11.7. The fourth-order valence-corrected chi connectivity index (χ4v) is 2.26.